The van der Waals surface area contributed by atoms with Crippen LogP contribution in [0.5, 0.6) is 0 Å². The number of aliphatic carboxylic acids is 1. The SMILES string of the molecule is CCCN(CC(=O)O)C(=O)C1(c2ccccc2C)CCOCC1. The fourth-order valence-electron chi connectivity index (χ4n) is 3.42. The first-order valence-electron chi connectivity index (χ1n) is 8.16. The number of amides is 1. The second kappa shape index (κ2) is 7.59. The smallest absolute Gasteiger partial charge is 0.323 e. The highest BCUT2D eigenvalue weighted by Crippen LogP contribution is 2.38. The van der Waals surface area contributed by atoms with Gasteiger partial charge in [0.25, 0.3) is 0 Å². The highest BCUT2D eigenvalue weighted by Gasteiger charge is 2.44. The van der Waals surface area contributed by atoms with E-state index < -0.39 is 11.4 Å². The van der Waals surface area contributed by atoms with Crippen LogP contribution in [0.1, 0.15) is 37.3 Å². The van der Waals surface area contributed by atoms with Crippen LogP contribution in [0.15, 0.2) is 24.3 Å². The quantitative estimate of drug-likeness (QED) is 0.874. The second-order valence-electron chi connectivity index (χ2n) is 6.13. The maximum absolute atomic E-state index is 13.3. The number of hydrogen-bond donors (Lipinski definition) is 1. The first-order valence-corrected chi connectivity index (χ1v) is 8.16. The van der Waals surface area contributed by atoms with Crippen molar-refractivity contribution in [3.63, 3.8) is 0 Å². The lowest BCUT2D eigenvalue weighted by Gasteiger charge is -2.40. The lowest BCUT2D eigenvalue weighted by atomic mass is 9.71. The molecule has 1 amide bonds. The number of carbonyl (C=O) groups is 2. The number of carboxylic acid groups (broad SMARTS) is 1. The number of benzene rings is 1. The summed E-state index contributed by atoms with van der Waals surface area (Å²) in [5, 5.41) is 9.15. The van der Waals surface area contributed by atoms with Crippen LogP contribution < -0.4 is 0 Å². The lowest BCUT2D eigenvalue weighted by molar-refractivity contribution is -0.149. The summed E-state index contributed by atoms with van der Waals surface area (Å²) < 4.78 is 5.47. The first kappa shape index (κ1) is 17.5. The van der Waals surface area contributed by atoms with Gasteiger partial charge in [0.15, 0.2) is 0 Å². The van der Waals surface area contributed by atoms with Crippen LogP contribution in [0.4, 0.5) is 0 Å². The predicted molar refractivity (Wildman–Crippen MR) is 87.4 cm³/mol. The first-order chi connectivity index (χ1) is 11.0. The minimum atomic E-state index is -0.973. The molecule has 5 nitrogen and oxygen atoms in total. The Labute approximate surface area is 137 Å². The summed E-state index contributed by atoms with van der Waals surface area (Å²) in [5.41, 5.74) is 1.39. The van der Waals surface area contributed by atoms with E-state index in [2.05, 4.69) is 0 Å². The standard InChI is InChI=1S/C18H25NO4/c1-3-10-19(13-16(20)21)17(22)18(8-11-23-12-9-18)15-7-5-4-6-14(15)2/h4-7H,3,8-13H2,1-2H3,(H,20,21). The van der Waals surface area contributed by atoms with Crippen LogP contribution in [-0.2, 0) is 19.7 Å². The molecule has 1 N–H and O–H groups in total. The molecule has 0 spiro atoms. The summed E-state index contributed by atoms with van der Waals surface area (Å²) in [6, 6.07) is 7.89. The van der Waals surface area contributed by atoms with Crippen molar-refractivity contribution in [2.24, 2.45) is 0 Å². The highest BCUT2D eigenvalue weighted by atomic mass is 16.5. The summed E-state index contributed by atoms with van der Waals surface area (Å²) in [6.45, 7) is 5.20. The molecule has 0 bridgehead atoms. The molecule has 0 aromatic heterocycles. The summed E-state index contributed by atoms with van der Waals surface area (Å²) in [5.74, 6) is -1.06. The van der Waals surface area contributed by atoms with Gasteiger partial charge >= 0.3 is 5.97 Å². The van der Waals surface area contributed by atoms with Gasteiger partial charge in [-0.2, -0.15) is 0 Å². The van der Waals surface area contributed by atoms with Crippen LogP contribution in [0.3, 0.4) is 0 Å². The Morgan fingerprint density at radius 3 is 2.48 bits per heavy atom. The predicted octanol–water partition coefficient (Wildman–Crippen LogP) is 2.37. The summed E-state index contributed by atoms with van der Waals surface area (Å²) in [4.78, 5) is 26.0. The molecule has 1 aliphatic rings. The van der Waals surface area contributed by atoms with Crippen molar-refractivity contribution < 1.29 is 19.4 Å². The minimum Gasteiger partial charge on any atom is -0.480 e. The van der Waals surface area contributed by atoms with Crippen LogP contribution in [0, 0.1) is 6.92 Å². The normalized spacial score (nSPS) is 16.8. The zero-order valence-corrected chi connectivity index (χ0v) is 13.9. The molecule has 0 unspecified atom stereocenters. The third-order valence-corrected chi connectivity index (χ3v) is 4.52. The molecule has 2 rings (SSSR count). The van der Waals surface area contributed by atoms with E-state index in [-0.39, 0.29) is 12.5 Å². The van der Waals surface area contributed by atoms with Crippen molar-refractivity contribution in [1.82, 2.24) is 4.90 Å². The number of ether oxygens (including phenoxy) is 1. The number of rotatable bonds is 6. The fraction of sp³-hybridized carbons (Fsp3) is 0.556. The number of carbonyl (C=O) groups excluding carboxylic acids is 1. The largest absolute Gasteiger partial charge is 0.480 e. The molecular formula is C18H25NO4. The molecule has 1 aromatic carbocycles. The molecule has 1 aromatic rings. The molecular weight excluding hydrogens is 294 g/mol. The molecule has 1 aliphatic heterocycles. The molecule has 0 radical (unpaired) electrons. The van der Waals surface area contributed by atoms with Gasteiger partial charge in [-0.15, -0.1) is 0 Å². The van der Waals surface area contributed by atoms with Crippen LogP contribution in [0.2, 0.25) is 0 Å². The maximum Gasteiger partial charge on any atom is 0.323 e. The number of nitrogens with zero attached hydrogens (tertiary/aromatic N) is 1. The van der Waals surface area contributed by atoms with Gasteiger partial charge in [-0.05, 0) is 37.3 Å². The van der Waals surface area contributed by atoms with Crippen molar-refractivity contribution >= 4 is 11.9 Å². The van der Waals surface area contributed by atoms with Crippen molar-refractivity contribution in [3.05, 3.63) is 35.4 Å². The molecule has 0 aliphatic carbocycles. The molecule has 1 heterocycles. The monoisotopic (exact) mass is 319 g/mol. The van der Waals surface area contributed by atoms with E-state index in [0.29, 0.717) is 32.6 Å². The molecule has 1 saturated heterocycles. The summed E-state index contributed by atoms with van der Waals surface area (Å²) in [7, 11) is 0. The minimum absolute atomic E-state index is 0.0839. The van der Waals surface area contributed by atoms with Gasteiger partial charge in [-0.3, -0.25) is 9.59 Å². The lowest BCUT2D eigenvalue weighted by Crippen LogP contribution is -2.51. The van der Waals surface area contributed by atoms with Crippen LogP contribution in [0.25, 0.3) is 0 Å². The zero-order chi connectivity index (χ0) is 16.9. The van der Waals surface area contributed by atoms with E-state index in [1.54, 1.807) is 0 Å². The number of carboxylic acids is 1. The molecule has 126 valence electrons. The van der Waals surface area contributed by atoms with Crippen LogP contribution in [-0.4, -0.2) is 48.2 Å². The van der Waals surface area contributed by atoms with E-state index in [0.717, 1.165) is 17.5 Å². The van der Waals surface area contributed by atoms with Gasteiger partial charge in [0.1, 0.15) is 6.54 Å². The number of aryl methyl sites for hydroxylation is 1. The average molecular weight is 319 g/mol. The molecule has 1 fully saturated rings. The van der Waals surface area contributed by atoms with Gasteiger partial charge in [-0.1, -0.05) is 31.2 Å². The number of hydrogen-bond acceptors (Lipinski definition) is 3. The second-order valence-corrected chi connectivity index (χ2v) is 6.13. The summed E-state index contributed by atoms with van der Waals surface area (Å²) >= 11 is 0. The average Bonchev–Trinajstić information content (AvgIpc) is 2.54. The molecule has 0 saturated carbocycles. The third-order valence-electron chi connectivity index (χ3n) is 4.52. The van der Waals surface area contributed by atoms with Crippen molar-refractivity contribution in [2.75, 3.05) is 26.3 Å². The van der Waals surface area contributed by atoms with E-state index in [1.807, 2.05) is 38.1 Å². The van der Waals surface area contributed by atoms with E-state index in [9.17, 15) is 9.59 Å². The zero-order valence-electron chi connectivity index (χ0n) is 13.9. The van der Waals surface area contributed by atoms with Gasteiger partial charge in [0.2, 0.25) is 5.91 Å². The van der Waals surface area contributed by atoms with E-state index >= 15 is 0 Å². The van der Waals surface area contributed by atoms with E-state index in [1.165, 1.54) is 4.90 Å². The van der Waals surface area contributed by atoms with Gasteiger partial charge in [0.05, 0.1) is 5.41 Å². The van der Waals surface area contributed by atoms with Crippen molar-refractivity contribution in [3.8, 4) is 0 Å². The van der Waals surface area contributed by atoms with Crippen molar-refractivity contribution in [1.29, 1.82) is 0 Å². The Morgan fingerprint density at radius 2 is 1.91 bits per heavy atom. The van der Waals surface area contributed by atoms with Gasteiger partial charge in [-0.25, -0.2) is 0 Å². The Kier molecular flexibility index (Phi) is 5.77. The van der Waals surface area contributed by atoms with Gasteiger partial charge < -0.3 is 14.7 Å². The topological polar surface area (TPSA) is 66.8 Å². The van der Waals surface area contributed by atoms with Crippen LogP contribution >= 0.6 is 0 Å². The molecule has 5 heteroatoms. The maximum atomic E-state index is 13.3. The van der Waals surface area contributed by atoms with Gasteiger partial charge in [0, 0.05) is 19.8 Å². The molecule has 0 atom stereocenters. The molecule has 23 heavy (non-hydrogen) atoms. The third kappa shape index (κ3) is 3.72. The van der Waals surface area contributed by atoms with Crippen molar-refractivity contribution in [2.45, 2.75) is 38.5 Å². The summed E-state index contributed by atoms with van der Waals surface area (Å²) in [6.07, 6.45) is 1.92. The van der Waals surface area contributed by atoms with E-state index in [4.69, 9.17) is 9.84 Å². The fourth-order valence-corrected chi connectivity index (χ4v) is 3.42. The Hall–Kier alpha value is -1.88. The Morgan fingerprint density at radius 1 is 1.26 bits per heavy atom. The Bertz CT molecular complexity index is 564. The Balaban J connectivity index is 2.42. The highest BCUT2D eigenvalue weighted by molar-refractivity contribution is 5.91.